The Hall–Kier alpha value is -2.26. The fourth-order valence-electron chi connectivity index (χ4n) is 5.07. The molecule has 0 aromatic heterocycles. The van der Waals surface area contributed by atoms with Crippen LogP contribution in [0, 0.1) is 23.2 Å². The van der Waals surface area contributed by atoms with Crippen LogP contribution in [-0.4, -0.2) is 19.1 Å². The molecule has 0 atom stereocenters. The second kappa shape index (κ2) is 12.8. The summed E-state index contributed by atoms with van der Waals surface area (Å²) in [6.07, 6.45) is 14.4. The Morgan fingerprint density at radius 1 is 0.909 bits per heavy atom. The van der Waals surface area contributed by atoms with Crippen molar-refractivity contribution in [1.82, 2.24) is 0 Å². The van der Waals surface area contributed by atoms with Crippen LogP contribution in [0.2, 0.25) is 0 Å². The molecule has 0 unspecified atom stereocenters. The Labute approximate surface area is 195 Å². The first kappa shape index (κ1) is 25.4. The third-order valence-electron chi connectivity index (χ3n) is 6.95. The Morgan fingerprint density at radius 3 is 2.21 bits per heavy atom. The largest absolute Gasteiger partial charge is 0.573 e. The van der Waals surface area contributed by atoms with Gasteiger partial charge in [0.2, 0.25) is 0 Å². The van der Waals surface area contributed by atoms with Gasteiger partial charge in [-0.3, -0.25) is 0 Å². The first-order chi connectivity index (χ1) is 15.9. The minimum atomic E-state index is -4.65. The van der Waals surface area contributed by atoms with E-state index in [1.807, 2.05) is 12.1 Å². The molecule has 0 aliphatic heterocycles. The van der Waals surface area contributed by atoms with Gasteiger partial charge < -0.3 is 9.47 Å². The average molecular weight is 462 g/mol. The van der Waals surface area contributed by atoms with Gasteiger partial charge in [-0.05, 0) is 99.7 Å². The number of allylic oxidation sites excluding steroid dienone is 4. The molecule has 0 spiro atoms. The molecule has 1 aromatic rings. The van der Waals surface area contributed by atoms with Gasteiger partial charge in [0.25, 0.3) is 0 Å². The van der Waals surface area contributed by atoms with Gasteiger partial charge in [0.15, 0.2) is 0 Å². The summed E-state index contributed by atoms with van der Waals surface area (Å²) in [5.74, 6) is 1.60. The maximum absolute atomic E-state index is 12.3. The third kappa shape index (κ3) is 9.25. The van der Waals surface area contributed by atoms with Gasteiger partial charge in [0.1, 0.15) is 5.75 Å². The van der Waals surface area contributed by atoms with Crippen molar-refractivity contribution >= 4 is 0 Å². The van der Waals surface area contributed by atoms with Crippen LogP contribution >= 0.6 is 0 Å². The van der Waals surface area contributed by atoms with Crippen molar-refractivity contribution in [2.24, 2.45) is 11.8 Å². The zero-order chi connectivity index (χ0) is 23.5. The van der Waals surface area contributed by atoms with E-state index in [1.165, 1.54) is 37.5 Å². The Balaban J connectivity index is 1.29. The van der Waals surface area contributed by atoms with E-state index in [9.17, 15) is 13.2 Å². The molecule has 6 heteroatoms. The molecule has 0 saturated heterocycles. The van der Waals surface area contributed by atoms with E-state index < -0.39 is 6.36 Å². The van der Waals surface area contributed by atoms with Gasteiger partial charge in [-0.15, -0.1) is 13.2 Å². The van der Waals surface area contributed by atoms with E-state index in [4.69, 9.17) is 10.00 Å². The van der Waals surface area contributed by atoms with E-state index in [0.717, 1.165) is 63.0 Å². The third-order valence-corrected chi connectivity index (χ3v) is 6.95. The summed E-state index contributed by atoms with van der Waals surface area (Å²) in [4.78, 5) is 0. The molecule has 2 aliphatic carbocycles. The van der Waals surface area contributed by atoms with Crippen LogP contribution in [0.5, 0.6) is 5.75 Å². The number of alkyl halides is 3. The van der Waals surface area contributed by atoms with Crippen molar-refractivity contribution in [3.8, 4) is 11.8 Å². The minimum Gasteiger partial charge on any atom is -0.406 e. The molecule has 3 nitrogen and oxygen atoms in total. The van der Waals surface area contributed by atoms with E-state index >= 15 is 0 Å². The summed E-state index contributed by atoms with van der Waals surface area (Å²) in [6, 6.07) is 8.34. The van der Waals surface area contributed by atoms with Gasteiger partial charge in [0.05, 0.1) is 12.2 Å². The fraction of sp³-hybridized carbons (Fsp3) is 0.593. The highest BCUT2D eigenvalue weighted by Gasteiger charge is 2.31. The molecule has 2 fully saturated rings. The highest BCUT2D eigenvalue weighted by Crippen LogP contribution is 2.37. The topological polar surface area (TPSA) is 42.2 Å². The molecule has 0 radical (unpaired) electrons. The maximum Gasteiger partial charge on any atom is 0.573 e. The molecule has 0 amide bonds. The van der Waals surface area contributed by atoms with Crippen molar-refractivity contribution in [2.45, 2.75) is 82.6 Å². The lowest BCUT2D eigenvalue weighted by atomic mass is 9.79. The molecular formula is C27H34F3NO2. The number of nitriles is 1. The zero-order valence-electron chi connectivity index (χ0n) is 19.1. The van der Waals surface area contributed by atoms with Crippen LogP contribution < -0.4 is 4.74 Å². The summed E-state index contributed by atoms with van der Waals surface area (Å²) in [5, 5.41) is 8.46. The lowest BCUT2D eigenvalue weighted by Gasteiger charge is -2.32. The quantitative estimate of drug-likeness (QED) is 0.278. The minimum absolute atomic E-state index is 0.160. The normalized spacial score (nSPS) is 26.5. The standard InChI is InChI=1S/C27H34F3NO2/c28-27(29,30)33-26-17-13-24(14-18-26)23-11-7-22(8-12-23)20-32-25-15-9-21(10-16-25)6-4-2-1-3-5-19-31/h1-3,5,13-14,17-18,21-23,25H,4,6-12,15-16,20H2/t21-,22-,23-,25-. The number of benzene rings is 1. The summed E-state index contributed by atoms with van der Waals surface area (Å²) < 4.78 is 47.2. The molecule has 1 aromatic carbocycles. The Morgan fingerprint density at radius 2 is 1.58 bits per heavy atom. The molecule has 3 rings (SSSR count). The van der Waals surface area contributed by atoms with E-state index in [1.54, 1.807) is 18.2 Å². The SMILES string of the molecule is N#CC=CC=CCC[C@H]1CC[C@H](OC[C@H]2CC[C@H](c3ccc(OC(F)(F)F)cc3)CC2)CC1. The summed E-state index contributed by atoms with van der Waals surface area (Å²) in [5.41, 5.74) is 1.10. The lowest BCUT2D eigenvalue weighted by molar-refractivity contribution is -0.274. The number of rotatable bonds is 9. The molecule has 2 saturated carbocycles. The summed E-state index contributed by atoms with van der Waals surface area (Å²) >= 11 is 0. The Kier molecular flexibility index (Phi) is 9.87. The molecule has 33 heavy (non-hydrogen) atoms. The van der Waals surface area contributed by atoms with Crippen LogP contribution in [0.3, 0.4) is 0 Å². The highest BCUT2D eigenvalue weighted by atomic mass is 19.4. The van der Waals surface area contributed by atoms with E-state index in [2.05, 4.69) is 10.8 Å². The number of hydrogen-bond donors (Lipinski definition) is 0. The molecule has 0 heterocycles. The lowest BCUT2D eigenvalue weighted by Crippen LogP contribution is -2.25. The molecule has 180 valence electrons. The molecule has 0 N–H and O–H groups in total. The Bertz CT molecular complexity index is 794. The van der Waals surface area contributed by atoms with Crippen LogP contribution in [0.4, 0.5) is 13.2 Å². The van der Waals surface area contributed by atoms with Crippen molar-refractivity contribution in [3.63, 3.8) is 0 Å². The second-order valence-electron chi connectivity index (χ2n) is 9.30. The van der Waals surface area contributed by atoms with Crippen LogP contribution in [0.25, 0.3) is 0 Å². The van der Waals surface area contributed by atoms with Crippen molar-refractivity contribution in [3.05, 3.63) is 54.1 Å². The second-order valence-corrected chi connectivity index (χ2v) is 9.30. The predicted molar refractivity (Wildman–Crippen MR) is 123 cm³/mol. The van der Waals surface area contributed by atoms with Crippen LogP contribution in [-0.2, 0) is 4.74 Å². The smallest absolute Gasteiger partial charge is 0.406 e. The number of halogens is 3. The molecule has 0 bridgehead atoms. The van der Waals surface area contributed by atoms with Gasteiger partial charge in [-0.25, -0.2) is 0 Å². The first-order valence-corrected chi connectivity index (χ1v) is 12.1. The van der Waals surface area contributed by atoms with Gasteiger partial charge in [-0.2, -0.15) is 5.26 Å². The fourth-order valence-corrected chi connectivity index (χ4v) is 5.07. The van der Waals surface area contributed by atoms with E-state index in [0.29, 0.717) is 17.9 Å². The van der Waals surface area contributed by atoms with Gasteiger partial charge in [-0.1, -0.05) is 30.4 Å². The molecular weight excluding hydrogens is 427 g/mol. The number of ether oxygens (including phenoxy) is 2. The summed E-state index contributed by atoms with van der Waals surface area (Å²) in [7, 11) is 0. The monoisotopic (exact) mass is 461 g/mol. The maximum atomic E-state index is 12.3. The zero-order valence-corrected chi connectivity index (χ0v) is 19.1. The van der Waals surface area contributed by atoms with Crippen molar-refractivity contribution in [2.75, 3.05) is 6.61 Å². The highest BCUT2D eigenvalue weighted by molar-refractivity contribution is 5.29. The van der Waals surface area contributed by atoms with Gasteiger partial charge in [0, 0.05) is 12.7 Å². The summed E-state index contributed by atoms with van der Waals surface area (Å²) in [6.45, 7) is 0.828. The van der Waals surface area contributed by atoms with Crippen molar-refractivity contribution < 1.29 is 22.6 Å². The van der Waals surface area contributed by atoms with E-state index in [-0.39, 0.29) is 5.75 Å². The number of nitrogens with zero attached hydrogens (tertiary/aromatic N) is 1. The van der Waals surface area contributed by atoms with Crippen molar-refractivity contribution in [1.29, 1.82) is 5.26 Å². The predicted octanol–water partition coefficient (Wildman–Crippen LogP) is 7.85. The number of hydrogen-bond acceptors (Lipinski definition) is 3. The van der Waals surface area contributed by atoms with Gasteiger partial charge >= 0.3 is 6.36 Å². The average Bonchev–Trinajstić information content (AvgIpc) is 2.81. The first-order valence-electron chi connectivity index (χ1n) is 12.1. The van der Waals surface area contributed by atoms with Crippen LogP contribution in [0.15, 0.2) is 48.6 Å². The van der Waals surface area contributed by atoms with Crippen LogP contribution in [0.1, 0.15) is 75.7 Å². The molecule has 2 aliphatic rings.